The molecule has 0 heterocycles. The average Bonchev–Trinajstić information content (AvgIpc) is 2.22. The van der Waals surface area contributed by atoms with Crippen LogP contribution >= 0.6 is 0 Å². The molecule has 0 saturated carbocycles. The minimum absolute atomic E-state index is 0.299. The molecule has 0 aromatic carbocycles. The van der Waals surface area contributed by atoms with Gasteiger partial charge < -0.3 is 11.5 Å². The van der Waals surface area contributed by atoms with Gasteiger partial charge in [-0.1, -0.05) is 19.9 Å². The van der Waals surface area contributed by atoms with E-state index in [1.165, 1.54) is 0 Å². The minimum atomic E-state index is -0.392. The van der Waals surface area contributed by atoms with Crippen molar-refractivity contribution in [3.63, 3.8) is 0 Å². The van der Waals surface area contributed by atoms with Crippen LogP contribution in [0.1, 0.15) is 46.0 Å². The van der Waals surface area contributed by atoms with Crippen LogP contribution in [0.15, 0.2) is 11.6 Å². The van der Waals surface area contributed by atoms with Crippen molar-refractivity contribution >= 4 is 11.8 Å². The monoisotopic (exact) mass is 226 g/mol. The van der Waals surface area contributed by atoms with Gasteiger partial charge in [0.15, 0.2) is 0 Å². The van der Waals surface area contributed by atoms with Crippen LogP contribution in [-0.2, 0) is 9.59 Å². The van der Waals surface area contributed by atoms with Crippen molar-refractivity contribution in [1.29, 1.82) is 0 Å². The molecular weight excluding hydrogens is 204 g/mol. The molecule has 4 nitrogen and oxygen atoms in total. The Bertz CT molecular complexity index is 268. The summed E-state index contributed by atoms with van der Waals surface area (Å²) >= 11 is 0. The lowest BCUT2D eigenvalue weighted by Crippen LogP contribution is -2.16. The second-order valence-electron chi connectivity index (χ2n) is 3.95. The Balaban J connectivity index is 4.37. The molecule has 4 N–H and O–H groups in total. The number of amides is 2. The van der Waals surface area contributed by atoms with Gasteiger partial charge in [-0.15, -0.1) is 0 Å². The first-order chi connectivity index (χ1) is 7.51. The largest absolute Gasteiger partial charge is 0.370 e. The lowest BCUT2D eigenvalue weighted by molar-refractivity contribution is -0.118. The van der Waals surface area contributed by atoms with Crippen molar-refractivity contribution < 1.29 is 9.59 Å². The van der Waals surface area contributed by atoms with Gasteiger partial charge in [0.25, 0.3) is 0 Å². The summed E-state index contributed by atoms with van der Waals surface area (Å²) in [5.74, 6) is -0.348. The number of hydrogen-bond donors (Lipinski definition) is 2. The smallest absolute Gasteiger partial charge is 0.244 e. The molecule has 0 aliphatic carbocycles. The van der Waals surface area contributed by atoms with Crippen LogP contribution < -0.4 is 11.5 Å². The predicted molar refractivity (Wildman–Crippen MR) is 64.4 cm³/mol. The Hall–Kier alpha value is -1.32. The first kappa shape index (κ1) is 14.7. The highest BCUT2D eigenvalue weighted by molar-refractivity contribution is 5.91. The number of carbonyl (C=O) groups is 2. The van der Waals surface area contributed by atoms with E-state index in [0.29, 0.717) is 30.8 Å². The quantitative estimate of drug-likeness (QED) is 0.614. The molecule has 0 spiro atoms. The summed E-state index contributed by atoms with van der Waals surface area (Å²) in [6.07, 6.45) is 5.34. The highest BCUT2D eigenvalue weighted by Gasteiger charge is 2.08. The molecular formula is C12H22N2O2. The Morgan fingerprint density at radius 2 is 1.69 bits per heavy atom. The number of allylic oxidation sites excluding steroid dienone is 1. The molecule has 0 aromatic heterocycles. The number of nitrogens with two attached hydrogens (primary N) is 2. The summed E-state index contributed by atoms with van der Waals surface area (Å²) in [5.41, 5.74) is 10.9. The number of carbonyl (C=O) groups excluding carboxylic acids is 2. The third-order valence-electron chi connectivity index (χ3n) is 2.67. The van der Waals surface area contributed by atoms with Crippen LogP contribution in [0.4, 0.5) is 0 Å². The molecule has 0 unspecified atom stereocenters. The molecule has 0 radical (unpaired) electrons. The lowest BCUT2D eigenvalue weighted by atomic mass is 9.97. The van der Waals surface area contributed by atoms with Gasteiger partial charge in [0.1, 0.15) is 0 Å². The van der Waals surface area contributed by atoms with E-state index in [9.17, 15) is 9.59 Å². The zero-order chi connectivity index (χ0) is 12.6. The molecule has 0 bridgehead atoms. The van der Waals surface area contributed by atoms with Gasteiger partial charge in [0.05, 0.1) is 0 Å². The third kappa shape index (κ3) is 6.22. The Morgan fingerprint density at radius 1 is 1.12 bits per heavy atom. The molecule has 0 aliphatic heterocycles. The van der Waals surface area contributed by atoms with Crippen LogP contribution in [0, 0.1) is 5.92 Å². The molecule has 0 saturated heterocycles. The molecule has 16 heavy (non-hydrogen) atoms. The lowest BCUT2D eigenvalue weighted by Gasteiger charge is -2.09. The van der Waals surface area contributed by atoms with E-state index in [2.05, 4.69) is 13.8 Å². The zero-order valence-corrected chi connectivity index (χ0v) is 10.2. The first-order valence-corrected chi connectivity index (χ1v) is 5.80. The molecule has 2 amide bonds. The maximum absolute atomic E-state index is 11.2. The minimum Gasteiger partial charge on any atom is -0.370 e. The van der Waals surface area contributed by atoms with Crippen molar-refractivity contribution in [3.05, 3.63) is 11.6 Å². The normalized spacial score (nSPS) is 11.8. The van der Waals surface area contributed by atoms with Crippen molar-refractivity contribution in [2.24, 2.45) is 17.4 Å². The summed E-state index contributed by atoms with van der Waals surface area (Å²) in [6, 6.07) is 0. The number of hydrogen-bond acceptors (Lipinski definition) is 2. The third-order valence-corrected chi connectivity index (χ3v) is 2.67. The van der Waals surface area contributed by atoms with Gasteiger partial charge in [-0.25, -0.2) is 0 Å². The predicted octanol–water partition coefficient (Wildman–Crippen LogP) is 1.49. The van der Waals surface area contributed by atoms with E-state index in [4.69, 9.17) is 11.5 Å². The zero-order valence-electron chi connectivity index (χ0n) is 10.2. The first-order valence-electron chi connectivity index (χ1n) is 5.80. The van der Waals surface area contributed by atoms with Crippen molar-refractivity contribution in [1.82, 2.24) is 0 Å². The Morgan fingerprint density at radius 3 is 2.06 bits per heavy atom. The molecule has 0 atom stereocenters. The van der Waals surface area contributed by atoms with Gasteiger partial charge >= 0.3 is 0 Å². The topological polar surface area (TPSA) is 86.2 Å². The molecule has 0 fully saturated rings. The summed E-state index contributed by atoms with van der Waals surface area (Å²) in [6.45, 7) is 4.15. The van der Waals surface area contributed by atoms with Gasteiger partial charge in [-0.3, -0.25) is 9.59 Å². The van der Waals surface area contributed by atoms with Gasteiger partial charge in [0.2, 0.25) is 11.8 Å². The van der Waals surface area contributed by atoms with Gasteiger partial charge in [-0.2, -0.15) is 0 Å². The summed E-state index contributed by atoms with van der Waals surface area (Å²) in [7, 11) is 0. The summed E-state index contributed by atoms with van der Waals surface area (Å²) in [5, 5.41) is 0. The Kier molecular flexibility index (Phi) is 7.25. The van der Waals surface area contributed by atoms with E-state index in [1.807, 2.05) is 6.08 Å². The van der Waals surface area contributed by atoms with Crippen LogP contribution in [0.3, 0.4) is 0 Å². The van der Waals surface area contributed by atoms with E-state index in [-0.39, 0.29) is 5.91 Å². The second-order valence-corrected chi connectivity index (χ2v) is 3.95. The van der Waals surface area contributed by atoms with Gasteiger partial charge in [0, 0.05) is 12.0 Å². The summed E-state index contributed by atoms with van der Waals surface area (Å²) < 4.78 is 0. The van der Waals surface area contributed by atoms with Crippen LogP contribution in [-0.4, -0.2) is 11.8 Å². The van der Waals surface area contributed by atoms with Gasteiger partial charge in [-0.05, 0) is 31.6 Å². The fourth-order valence-corrected chi connectivity index (χ4v) is 1.55. The standard InChI is InChI=1S/C12H22N2O2/c1-3-9(4-2)8-10(12(14)16)6-5-7-11(13)15/h8-9H,3-7H2,1-2H3,(H2,13,15)(H2,14,16). The molecule has 0 aliphatic rings. The Labute approximate surface area is 97.1 Å². The number of rotatable bonds is 8. The highest BCUT2D eigenvalue weighted by atomic mass is 16.1. The van der Waals surface area contributed by atoms with Crippen LogP contribution in [0.2, 0.25) is 0 Å². The average molecular weight is 226 g/mol. The fraction of sp³-hybridized carbons (Fsp3) is 0.667. The highest BCUT2D eigenvalue weighted by Crippen LogP contribution is 2.15. The van der Waals surface area contributed by atoms with E-state index in [0.717, 1.165) is 12.8 Å². The maximum atomic E-state index is 11.2. The van der Waals surface area contributed by atoms with Crippen LogP contribution in [0.5, 0.6) is 0 Å². The van der Waals surface area contributed by atoms with E-state index >= 15 is 0 Å². The fourth-order valence-electron chi connectivity index (χ4n) is 1.55. The summed E-state index contributed by atoms with van der Waals surface area (Å²) in [4.78, 5) is 21.8. The van der Waals surface area contributed by atoms with Crippen molar-refractivity contribution in [2.45, 2.75) is 46.0 Å². The van der Waals surface area contributed by atoms with E-state index in [1.54, 1.807) is 0 Å². The second kappa shape index (κ2) is 7.91. The molecule has 0 aromatic rings. The van der Waals surface area contributed by atoms with E-state index < -0.39 is 5.91 Å². The number of primary amides is 2. The molecule has 4 heteroatoms. The van der Waals surface area contributed by atoms with Crippen molar-refractivity contribution in [2.75, 3.05) is 0 Å². The van der Waals surface area contributed by atoms with Crippen LogP contribution in [0.25, 0.3) is 0 Å². The molecule has 0 rings (SSSR count). The van der Waals surface area contributed by atoms with Crippen molar-refractivity contribution in [3.8, 4) is 0 Å². The maximum Gasteiger partial charge on any atom is 0.244 e. The SMILES string of the molecule is CCC(C=C(CCCC(N)=O)C(N)=O)CC. The molecule has 92 valence electrons.